The Bertz CT molecular complexity index is 895. The van der Waals surface area contributed by atoms with E-state index in [0.29, 0.717) is 31.4 Å². The molecule has 3 rings (SSSR count). The van der Waals surface area contributed by atoms with Gasteiger partial charge in [0.2, 0.25) is 5.91 Å². The lowest BCUT2D eigenvalue weighted by molar-refractivity contribution is -0.140. The van der Waals surface area contributed by atoms with Crippen molar-refractivity contribution in [3.05, 3.63) is 35.1 Å². The van der Waals surface area contributed by atoms with Gasteiger partial charge in [-0.15, -0.1) is 0 Å². The van der Waals surface area contributed by atoms with Gasteiger partial charge >= 0.3 is 6.18 Å². The highest BCUT2D eigenvalue weighted by molar-refractivity contribution is 6.00. The summed E-state index contributed by atoms with van der Waals surface area (Å²) >= 11 is 0. The molecule has 34 heavy (non-hydrogen) atoms. The molecule has 1 aliphatic heterocycles. The zero-order valence-corrected chi connectivity index (χ0v) is 19.1. The first-order valence-corrected chi connectivity index (χ1v) is 11.4. The summed E-state index contributed by atoms with van der Waals surface area (Å²) < 4.78 is 53.5. The molecule has 1 amide bonds. The SMILES string of the molecule is CC(C)C(CO)NCC1(C(=O)N[C@H]2CCC[C@@H](O)C2)C=NOC1c1ccc(C(F)(F)F)c(F)c1. The average molecular weight is 490 g/mol. The number of benzene rings is 1. The van der Waals surface area contributed by atoms with Crippen LogP contribution in [0.15, 0.2) is 23.4 Å². The summed E-state index contributed by atoms with van der Waals surface area (Å²) in [6.45, 7) is 3.49. The third-order valence-corrected chi connectivity index (χ3v) is 6.58. The van der Waals surface area contributed by atoms with Crippen LogP contribution in [-0.4, -0.2) is 53.7 Å². The molecule has 1 heterocycles. The molecule has 1 aromatic carbocycles. The molecule has 1 aromatic rings. The summed E-state index contributed by atoms with van der Waals surface area (Å²) in [6, 6.07) is 1.72. The van der Waals surface area contributed by atoms with Gasteiger partial charge < -0.3 is 25.7 Å². The van der Waals surface area contributed by atoms with Gasteiger partial charge in [-0.3, -0.25) is 4.79 Å². The zero-order chi connectivity index (χ0) is 25.1. The Labute approximate surface area is 195 Å². The molecular weight excluding hydrogens is 458 g/mol. The number of aliphatic hydroxyl groups excluding tert-OH is 2. The van der Waals surface area contributed by atoms with Gasteiger partial charge in [0.1, 0.15) is 11.2 Å². The summed E-state index contributed by atoms with van der Waals surface area (Å²) in [5.74, 6) is -1.97. The van der Waals surface area contributed by atoms with E-state index in [0.717, 1.165) is 12.5 Å². The lowest BCUT2D eigenvalue weighted by Crippen LogP contribution is -2.56. The van der Waals surface area contributed by atoms with Gasteiger partial charge in [0.05, 0.1) is 24.5 Å². The standard InChI is InChI=1S/C23H31F4N3O4/c1-13(2)19(10-31)28-11-22(21(33)30-15-4-3-5-16(32)9-15)12-29-34-20(22)14-6-7-17(18(24)8-14)23(25,26)27/h6-8,12-13,15-16,19-20,28,31-32H,3-5,9-11H2,1-2H3,(H,30,33)/t15-,16+,19?,20?,22?/m0/s1. The van der Waals surface area contributed by atoms with Crippen molar-refractivity contribution >= 4 is 12.1 Å². The number of rotatable bonds is 8. The number of alkyl halides is 3. The van der Waals surface area contributed by atoms with Crippen molar-refractivity contribution in [2.75, 3.05) is 13.2 Å². The topological polar surface area (TPSA) is 103 Å². The lowest BCUT2D eigenvalue weighted by atomic mass is 9.78. The molecule has 1 aliphatic carbocycles. The number of carbonyl (C=O) groups is 1. The Kier molecular flexibility index (Phi) is 8.20. The van der Waals surface area contributed by atoms with E-state index in [4.69, 9.17) is 4.84 Å². The number of aliphatic hydroxyl groups is 2. The summed E-state index contributed by atoms with van der Waals surface area (Å²) in [5.41, 5.74) is -2.91. The molecule has 1 fully saturated rings. The van der Waals surface area contributed by atoms with Crippen LogP contribution in [0.2, 0.25) is 0 Å². The number of hydrogen-bond donors (Lipinski definition) is 4. The van der Waals surface area contributed by atoms with E-state index in [2.05, 4.69) is 15.8 Å². The fourth-order valence-corrected chi connectivity index (χ4v) is 4.45. The van der Waals surface area contributed by atoms with Gasteiger partial charge in [-0.1, -0.05) is 25.1 Å². The third kappa shape index (κ3) is 5.69. The van der Waals surface area contributed by atoms with Crippen LogP contribution in [0.3, 0.4) is 0 Å². The largest absolute Gasteiger partial charge is 0.419 e. The predicted molar refractivity (Wildman–Crippen MR) is 116 cm³/mol. The minimum absolute atomic E-state index is 0.0137. The maximum absolute atomic E-state index is 14.3. The Morgan fingerprint density at radius 2 is 2.06 bits per heavy atom. The first-order chi connectivity index (χ1) is 16.0. The Hall–Kier alpha value is -2.24. The summed E-state index contributed by atoms with van der Waals surface area (Å²) in [4.78, 5) is 19.0. The second-order valence-electron chi connectivity index (χ2n) is 9.40. The van der Waals surface area contributed by atoms with Crippen molar-refractivity contribution in [1.29, 1.82) is 0 Å². The van der Waals surface area contributed by atoms with Gasteiger partial charge in [-0.05, 0) is 49.3 Å². The van der Waals surface area contributed by atoms with Crippen LogP contribution >= 0.6 is 0 Å². The quantitative estimate of drug-likeness (QED) is 0.421. The first-order valence-electron chi connectivity index (χ1n) is 11.4. The molecule has 3 unspecified atom stereocenters. The number of amides is 1. The maximum atomic E-state index is 14.3. The molecule has 2 aliphatic rings. The van der Waals surface area contributed by atoms with Crippen LogP contribution in [-0.2, 0) is 15.8 Å². The fourth-order valence-electron chi connectivity index (χ4n) is 4.45. The van der Waals surface area contributed by atoms with Crippen LogP contribution in [0.4, 0.5) is 17.6 Å². The predicted octanol–water partition coefficient (Wildman–Crippen LogP) is 2.91. The minimum Gasteiger partial charge on any atom is -0.395 e. The van der Waals surface area contributed by atoms with Gasteiger partial charge in [0, 0.05) is 18.6 Å². The molecule has 0 spiro atoms. The van der Waals surface area contributed by atoms with Crippen LogP contribution in [0.25, 0.3) is 0 Å². The number of oxime groups is 1. The van der Waals surface area contributed by atoms with Crippen molar-refractivity contribution in [3.8, 4) is 0 Å². The summed E-state index contributed by atoms with van der Waals surface area (Å²) in [7, 11) is 0. The van der Waals surface area contributed by atoms with Gasteiger partial charge in [-0.25, -0.2) is 4.39 Å². The molecule has 0 bridgehead atoms. The molecular formula is C23H31F4N3O4. The maximum Gasteiger partial charge on any atom is 0.419 e. The minimum atomic E-state index is -4.86. The second-order valence-corrected chi connectivity index (χ2v) is 9.40. The molecule has 5 atom stereocenters. The van der Waals surface area contributed by atoms with Crippen LogP contribution in [0, 0.1) is 17.2 Å². The fraction of sp³-hybridized carbons (Fsp3) is 0.652. The van der Waals surface area contributed by atoms with Crippen LogP contribution in [0.1, 0.15) is 56.8 Å². The lowest BCUT2D eigenvalue weighted by Gasteiger charge is -2.35. The van der Waals surface area contributed by atoms with Crippen LogP contribution < -0.4 is 10.6 Å². The number of carbonyl (C=O) groups excluding carboxylic acids is 1. The molecule has 0 radical (unpaired) electrons. The highest BCUT2D eigenvalue weighted by Crippen LogP contribution is 2.42. The van der Waals surface area contributed by atoms with E-state index in [1.807, 2.05) is 13.8 Å². The number of hydrogen-bond acceptors (Lipinski definition) is 6. The molecule has 0 aromatic heterocycles. The second kappa shape index (κ2) is 10.6. The van der Waals surface area contributed by atoms with Crippen LogP contribution in [0.5, 0.6) is 0 Å². The van der Waals surface area contributed by atoms with Crippen molar-refractivity contribution < 1.29 is 37.4 Å². The van der Waals surface area contributed by atoms with E-state index < -0.39 is 41.1 Å². The Morgan fingerprint density at radius 3 is 2.65 bits per heavy atom. The first kappa shape index (κ1) is 26.4. The Balaban J connectivity index is 1.93. The monoisotopic (exact) mass is 489 g/mol. The van der Waals surface area contributed by atoms with Crippen molar-refractivity contribution in [1.82, 2.24) is 10.6 Å². The molecule has 4 N–H and O–H groups in total. The van der Waals surface area contributed by atoms with Gasteiger partial charge in [0.15, 0.2) is 6.10 Å². The zero-order valence-electron chi connectivity index (χ0n) is 19.1. The van der Waals surface area contributed by atoms with E-state index in [-0.39, 0.29) is 36.7 Å². The van der Waals surface area contributed by atoms with E-state index in [1.165, 1.54) is 6.21 Å². The van der Waals surface area contributed by atoms with Crippen molar-refractivity contribution in [2.45, 2.75) is 70.0 Å². The van der Waals surface area contributed by atoms with Crippen molar-refractivity contribution in [2.24, 2.45) is 16.5 Å². The number of nitrogens with one attached hydrogen (secondary N) is 2. The summed E-state index contributed by atoms with van der Waals surface area (Å²) in [5, 5.41) is 29.5. The van der Waals surface area contributed by atoms with E-state index >= 15 is 0 Å². The van der Waals surface area contributed by atoms with Crippen molar-refractivity contribution in [3.63, 3.8) is 0 Å². The molecule has 11 heteroatoms. The van der Waals surface area contributed by atoms with E-state index in [1.54, 1.807) is 0 Å². The molecule has 190 valence electrons. The highest BCUT2D eigenvalue weighted by Gasteiger charge is 2.52. The third-order valence-electron chi connectivity index (χ3n) is 6.58. The highest BCUT2D eigenvalue weighted by atomic mass is 19.4. The molecule has 1 saturated carbocycles. The number of nitrogens with zero attached hydrogens (tertiary/aromatic N) is 1. The average Bonchev–Trinajstić information content (AvgIpc) is 3.18. The van der Waals surface area contributed by atoms with E-state index in [9.17, 15) is 32.6 Å². The molecule has 7 nitrogen and oxygen atoms in total. The number of halogens is 4. The smallest absolute Gasteiger partial charge is 0.395 e. The van der Waals surface area contributed by atoms with Gasteiger partial charge in [0.25, 0.3) is 0 Å². The normalized spacial score (nSPS) is 28.1. The van der Waals surface area contributed by atoms with Gasteiger partial charge in [-0.2, -0.15) is 13.2 Å². The Morgan fingerprint density at radius 1 is 1.32 bits per heavy atom. The molecule has 0 saturated heterocycles. The summed E-state index contributed by atoms with van der Waals surface area (Å²) in [6.07, 6.45) is -2.92.